The Morgan fingerprint density at radius 1 is 1.00 bits per heavy atom. The highest BCUT2D eigenvalue weighted by molar-refractivity contribution is 7.14. The number of benzene rings is 3. The normalized spacial score (nSPS) is 11.6. The molecule has 1 N–H and O–H groups in total. The van der Waals surface area contributed by atoms with Crippen LogP contribution < -0.4 is 10.2 Å². The van der Waals surface area contributed by atoms with Crippen molar-refractivity contribution < 1.29 is 4.74 Å². The zero-order valence-corrected chi connectivity index (χ0v) is 16.0. The fourth-order valence-corrected chi connectivity index (χ4v) is 3.49. The van der Waals surface area contributed by atoms with E-state index in [2.05, 4.69) is 45.8 Å². The van der Waals surface area contributed by atoms with Gasteiger partial charge in [0.1, 0.15) is 5.75 Å². The fraction of sp³-hybridized carbons (Fsp3) is 0.0909. The molecule has 1 heterocycles. The molecule has 4 rings (SSSR count). The Kier molecular flexibility index (Phi) is 4.85. The van der Waals surface area contributed by atoms with Gasteiger partial charge in [-0.05, 0) is 53.6 Å². The number of hydrazone groups is 1. The first-order valence-electron chi connectivity index (χ1n) is 8.62. The van der Waals surface area contributed by atoms with Crippen LogP contribution in [0.2, 0.25) is 0 Å². The topological polar surface area (TPSA) is 46.5 Å². The molecule has 134 valence electrons. The van der Waals surface area contributed by atoms with Crippen molar-refractivity contribution in [1.82, 2.24) is 4.98 Å². The smallest absolute Gasteiger partial charge is 0.203 e. The molecular formula is C22H19N3OS. The van der Waals surface area contributed by atoms with Gasteiger partial charge in [-0.3, -0.25) is 5.43 Å². The minimum Gasteiger partial charge on any atom is -0.497 e. The molecule has 0 bridgehead atoms. The van der Waals surface area contributed by atoms with E-state index in [1.807, 2.05) is 48.7 Å². The SMILES string of the molecule is COc1ccc(-c2csc(N/N=C(\C)c3ccc4ccccc4c3)n2)cc1. The zero-order valence-electron chi connectivity index (χ0n) is 15.1. The van der Waals surface area contributed by atoms with Crippen LogP contribution in [0.4, 0.5) is 5.13 Å². The number of methoxy groups -OCH3 is 1. The molecule has 1 aromatic heterocycles. The Morgan fingerprint density at radius 2 is 1.78 bits per heavy atom. The van der Waals surface area contributed by atoms with E-state index in [0.717, 1.165) is 33.4 Å². The van der Waals surface area contributed by atoms with Crippen LogP contribution in [0.3, 0.4) is 0 Å². The molecule has 0 radical (unpaired) electrons. The molecule has 3 aromatic carbocycles. The molecule has 4 nitrogen and oxygen atoms in total. The molecule has 0 amide bonds. The highest BCUT2D eigenvalue weighted by atomic mass is 32.1. The van der Waals surface area contributed by atoms with E-state index >= 15 is 0 Å². The lowest BCUT2D eigenvalue weighted by atomic mass is 10.0. The second-order valence-electron chi connectivity index (χ2n) is 6.14. The van der Waals surface area contributed by atoms with Gasteiger partial charge in [0.05, 0.1) is 18.5 Å². The lowest BCUT2D eigenvalue weighted by Gasteiger charge is -2.04. The molecule has 0 aliphatic rings. The first kappa shape index (κ1) is 17.2. The maximum atomic E-state index is 5.20. The van der Waals surface area contributed by atoms with Crippen LogP contribution in [0.5, 0.6) is 5.75 Å². The van der Waals surface area contributed by atoms with E-state index in [0.29, 0.717) is 0 Å². The number of aromatic nitrogens is 1. The molecular weight excluding hydrogens is 354 g/mol. The number of anilines is 1. The molecule has 0 fully saturated rings. The van der Waals surface area contributed by atoms with Crippen molar-refractivity contribution >= 4 is 33.0 Å². The molecule has 27 heavy (non-hydrogen) atoms. The Morgan fingerprint density at radius 3 is 2.56 bits per heavy atom. The van der Waals surface area contributed by atoms with E-state index in [-0.39, 0.29) is 0 Å². The first-order valence-corrected chi connectivity index (χ1v) is 9.50. The second kappa shape index (κ2) is 7.60. The molecule has 0 unspecified atom stereocenters. The number of ether oxygens (including phenoxy) is 1. The number of nitrogens with zero attached hydrogens (tertiary/aromatic N) is 2. The van der Waals surface area contributed by atoms with Gasteiger partial charge in [-0.25, -0.2) is 4.98 Å². The quantitative estimate of drug-likeness (QED) is 0.355. The van der Waals surface area contributed by atoms with E-state index in [1.165, 1.54) is 22.1 Å². The molecule has 5 heteroatoms. The molecule has 0 spiro atoms. The van der Waals surface area contributed by atoms with Crippen LogP contribution in [-0.4, -0.2) is 17.8 Å². The van der Waals surface area contributed by atoms with Crippen LogP contribution >= 0.6 is 11.3 Å². The largest absolute Gasteiger partial charge is 0.497 e. The van der Waals surface area contributed by atoms with Gasteiger partial charge in [-0.1, -0.05) is 36.4 Å². The minimum atomic E-state index is 0.765. The summed E-state index contributed by atoms with van der Waals surface area (Å²) in [4.78, 5) is 4.61. The molecule has 0 atom stereocenters. The van der Waals surface area contributed by atoms with Crippen LogP contribution in [0.15, 0.2) is 77.2 Å². The van der Waals surface area contributed by atoms with Gasteiger partial charge in [-0.15, -0.1) is 11.3 Å². The summed E-state index contributed by atoms with van der Waals surface area (Å²) in [5.74, 6) is 0.836. The standard InChI is InChI=1S/C22H19N3OS/c1-15(18-8-7-16-5-3-4-6-19(16)13-18)24-25-22-23-21(14-27-22)17-9-11-20(26-2)12-10-17/h3-14H,1-2H3,(H,23,25)/b24-15+. The fourth-order valence-electron chi connectivity index (χ4n) is 2.83. The van der Waals surface area contributed by atoms with Crippen molar-refractivity contribution in [3.8, 4) is 17.0 Å². The number of fused-ring (bicyclic) bond motifs is 1. The van der Waals surface area contributed by atoms with Crippen molar-refractivity contribution in [2.45, 2.75) is 6.92 Å². The van der Waals surface area contributed by atoms with Crippen LogP contribution in [-0.2, 0) is 0 Å². The number of nitrogens with one attached hydrogen (secondary N) is 1. The summed E-state index contributed by atoms with van der Waals surface area (Å²) in [5, 5.41) is 9.72. The Hall–Kier alpha value is -3.18. The van der Waals surface area contributed by atoms with Gasteiger partial charge < -0.3 is 4.74 Å². The maximum Gasteiger partial charge on any atom is 0.203 e. The molecule has 0 aliphatic carbocycles. The zero-order chi connectivity index (χ0) is 18.6. The summed E-state index contributed by atoms with van der Waals surface area (Å²) < 4.78 is 5.20. The lowest BCUT2D eigenvalue weighted by molar-refractivity contribution is 0.415. The van der Waals surface area contributed by atoms with Crippen molar-refractivity contribution in [2.75, 3.05) is 12.5 Å². The summed E-state index contributed by atoms with van der Waals surface area (Å²) in [6, 6.07) is 22.6. The van der Waals surface area contributed by atoms with Gasteiger partial charge in [0.25, 0.3) is 0 Å². The van der Waals surface area contributed by atoms with Crippen LogP contribution in [0.1, 0.15) is 12.5 Å². The number of hydrogen-bond donors (Lipinski definition) is 1. The number of hydrogen-bond acceptors (Lipinski definition) is 5. The molecule has 0 saturated carbocycles. The molecule has 4 aromatic rings. The van der Waals surface area contributed by atoms with Gasteiger partial charge >= 0.3 is 0 Å². The maximum absolute atomic E-state index is 5.20. The van der Waals surface area contributed by atoms with Crippen molar-refractivity contribution in [3.63, 3.8) is 0 Å². The summed E-state index contributed by atoms with van der Waals surface area (Å²) >= 11 is 1.53. The van der Waals surface area contributed by atoms with Gasteiger partial charge in [0, 0.05) is 10.9 Å². The van der Waals surface area contributed by atoms with Crippen molar-refractivity contribution in [2.24, 2.45) is 5.10 Å². The number of rotatable bonds is 5. The molecule has 0 saturated heterocycles. The lowest BCUT2D eigenvalue weighted by Crippen LogP contribution is -1.99. The average Bonchev–Trinajstić information content (AvgIpc) is 3.21. The van der Waals surface area contributed by atoms with Crippen molar-refractivity contribution in [1.29, 1.82) is 0 Å². The van der Waals surface area contributed by atoms with E-state index in [4.69, 9.17) is 4.74 Å². The van der Waals surface area contributed by atoms with Gasteiger partial charge in [-0.2, -0.15) is 5.10 Å². The average molecular weight is 373 g/mol. The third kappa shape index (κ3) is 3.83. The third-order valence-corrected chi connectivity index (χ3v) is 5.12. The highest BCUT2D eigenvalue weighted by Crippen LogP contribution is 2.26. The van der Waals surface area contributed by atoms with E-state index in [9.17, 15) is 0 Å². The summed E-state index contributed by atoms with van der Waals surface area (Å²) in [6.07, 6.45) is 0. The molecule has 0 aliphatic heterocycles. The predicted octanol–water partition coefficient (Wildman–Crippen LogP) is 5.81. The predicted molar refractivity (Wildman–Crippen MR) is 114 cm³/mol. The van der Waals surface area contributed by atoms with Gasteiger partial charge in [0.15, 0.2) is 0 Å². The number of thiazole rings is 1. The summed E-state index contributed by atoms with van der Waals surface area (Å²) in [5.41, 5.74) is 7.06. The van der Waals surface area contributed by atoms with E-state index < -0.39 is 0 Å². The van der Waals surface area contributed by atoms with Crippen LogP contribution in [0.25, 0.3) is 22.0 Å². The Bertz CT molecular complexity index is 1100. The monoisotopic (exact) mass is 373 g/mol. The Balaban J connectivity index is 1.50. The third-order valence-electron chi connectivity index (χ3n) is 4.38. The first-order chi connectivity index (χ1) is 13.2. The van der Waals surface area contributed by atoms with Crippen LogP contribution in [0, 0.1) is 0 Å². The summed E-state index contributed by atoms with van der Waals surface area (Å²) in [6.45, 7) is 2.00. The summed E-state index contributed by atoms with van der Waals surface area (Å²) in [7, 11) is 1.66. The van der Waals surface area contributed by atoms with E-state index in [1.54, 1.807) is 7.11 Å². The van der Waals surface area contributed by atoms with Crippen molar-refractivity contribution in [3.05, 3.63) is 77.7 Å². The second-order valence-corrected chi connectivity index (χ2v) is 7.00. The Labute approximate surface area is 162 Å². The minimum absolute atomic E-state index is 0.765. The van der Waals surface area contributed by atoms with Gasteiger partial charge in [0.2, 0.25) is 5.13 Å². The highest BCUT2D eigenvalue weighted by Gasteiger charge is 2.05.